The number of carboxylic acids is 1. The first-order valence-corrected chi connectivity index (χ1v) is 13.5. The van der Waals surface area contributed by atoms with E-state index in [0.29, 0.717) is 30.3 Å². The molecule has 10 heteroatoms. The Hall–Kier alpha value is -3.79. The molecule has 2 rings (SSSR count). The van der Waals surface area contributed by atoms with Gasteiger partial charge >= 0.3 is 11.9 Å². The molecular formula is C30H42N4O6. The van der Waals surface area contributed by atoms with Crippen molar-refractivity contribution in [2.75, 3.05) is 6.54 Å². The lowest BCUT2D eigenvalue weighted by molar-refractivity contribution is -0.165. The molecule has 10 nitrogen and oxygen atoms in total. The summed E-state index contributed by atoms with van der Waals surface area (Å²) < 4.78 is 5.63. The van der Waals surface area contributed by atoms with Gasteiger partial charge in [-0.15, -0.1) is 0 Å². The first-order valence-electron chi connectivity index (χ1n) is 13.5. The lowest BCUT2D eigenvalue weighted by Crippen LogP contribution is -2.60. The second-order valence-electron chi connectivity index (χ2n) is 10.9. The van der Waals surface area contributed by atoms with Crippen LogP contribution in [0.4, 0.5) is 0 Å². The van der Waals surface area contributed by atoms with E-state index in [9.17, 15) is 24.3 Å². The van der Waals surface area contributed by atoms with Crippen molar-refractivity contribution >= 4 is 36.4 Å². The fourth-order valence-electron chi connectivity index (χ4n) is 3.95. The number of aryl methyl sites for hydroxylation is 1. The summed E-state index contributed by atoms with van der Waals surface area (Å²) in [4.78, 5) is 54.8. The number of nitrogens with zero attached hydrogens (tertiary/aromatic N) is 2. The largest absolute Gasteiger partial charge is 0.480 e. The molecule has 1 saturated heterocycles. The normalized spacial score (nSPS) is 17.9. The maximum Gasteiger partial charge on any atom is 0.322 e. The highest BCUT2D eigenvalue weighted by atomic mass is 16.5. The molecule has 2 heterocycles. The Kier molecular flexibility index (Phi) is 11.4. The molecule has 2 amide bonds. The van der Waals surface area contributed by atoms with Crippen molar-refractivity contribution in [3.8, 4) is 0 Å². The van der Waals surface area contributed by atoms with Crippen molar-refractivity contribution < 1.29 is 29.0 Å². The van der Waals surface area contributed by atoms with E-state index in [-0.39, 0.29) is 5.92 Å². The molecule has 0 aromatic carbocycles. The zero-order chi connectivity index (χ0) is 30.2. The van der Waals surface area contributed by atoms with Crippen molar-refractivity contribution in [2.24, 2.45) is 11.3 Å². The van der Waals surface area contributed by atoms with Gasteiger partial charge in [0.2, 0.25) is 0 Å². The molecular weight excluding hydrogens is 512 g/mol. The third-order valence-corrected chi connectivity index (χ3v) is 6.57. The number of rotatable bonds is 11. The van der Waals surface area contributed by atoms with E-state index < -0.39 is 47.4 Å². The van der Waals surface area contributed by atoms with Crippen LogP contribution in [0.15, 0.2) is 36.4 Å². The molecule has 0 bridgehead atoms. The SMILES string of the molecule is C=C(/C=C/C(C)(C)C(=O)OC(C(=O)NC(C)C(=O)N1CCCC(C(=O)O)N1)C(C)C)/C=c1/nc(CC)ccc1=C. The second kappa shape index (κ2) is 14.0. The Morgan fingerprint density at radius 2 is 1.95 bits per heavy atom. The van der Waals surface area contributed by atoms with Crippen LogP contribution in [-0.4, -0.2) is 63.6 Å². The van der Waals surface area contributed by atoms with Gasteiger partial charge in [0.1, 0.15) is 12.1 Å². The number of aliphatic carboxylic acids is 1. The van der Waals surface area contributed by atoms with Crippen LogP contribution in [0.5, 0.6) is 0 Å². The maximum absolute atomic E-state index is 13.1. The number of carboxylic acid groups (broad SMARTS) is 1. The van der Waals surface area contributed by atoms with Crippen LogP contribution in [-0.2, 0) is 30.3 Å². The van der Waals surface area contributed by atoms with Crippen LogP contribution in [0, 0.1) is 11.3 Å². The number of hydrogen-bond acceptors (Lipinski definition) is 7. The zero-order valence-electron chi connectivity index (χ0n) is 24.3. The van der Waals surface area contributed by atoms with Gasteiger partial charge in [-0.3, -0.25) is 29.2 Å². The van der Waals surface area contributed by atoms with Crippen LogP contribution in [0.25, 0.3) is 12.7 Å². The molecule has 218 valence electrons. The van der Waals surface area contributed by atoms with Crippen molar-refractivity contribution in [1.82, 2.24) is 20.7 Å². The number of hydrazine groups is 1. The molecule has 1 aliphatic heterocycles. The van der Waals surface area contributed by atoms with Gasteiger partial charge in [0.25, 0.3) is 11.8 Å². The Balaban J connectivity index is 2.07. The summed E-state index contributed by atoms with van der Waals surface area (Å²) in [5.74, 6) is -3.12. The van der Waals surface area contributed by atoms with Crippen molar-refractivity contribution in [1.29, 1.82) is 0 Å². The van der Waals surface area contributed by atoms with Crippen LogP contribution in [0.3, 0.4) is 0 Å². The lowest BCUT2D eigenvalue weighted by Gasteiger charge is -2.34. The summed E-state index contributed by atoms with van der Waals surface area (Å²) in [7, 11) is 0. The number of amides is 2. The Bertz CT molecular complexity index is 1270. The van der Waals surface area contributed by atoms with Gasteiger partial charge in [-0.1, -0.05) is 52.1 Å². The van der Waals surface area contributed by atoms with Crippen LogP contribution < -0.4 is 21.3 Å². The Morgan fingerprint density at radius 3 is 2.55 bits per heavy atom. The highest BCUT2D eigenvalue weighted by molar-refractivity contribution is 5.91. The average Bonchev–Trinajstić information content (AvgIpc) is 2.90. The van der Waals surface area contributed by atoms with Crippen LogP contribution in [0.1, 0.15) is 60.1 Å². The Morgan fingerprint density at radius 1 is 1.27 bits per heavy atom. The number of pyridine rings is 1. The average molecular weight is 555 g/mol. The first kappa shape index (κ1) is 32.4. The molecule has 1 fully saturated rings. The van der Waals surface area contributed by atoms with Gasteiger partial charge in [0, 0.05) is 12.2 Å². The van der Waals surface area contributed by atoms with E-state index in [2.05, 4.69) is 28.9 Å². The number of carbonyl (C=O) groups is 4. The number of allylic oxidation sites excluding steroid dienone is 2. The Labute approximate surface area is 235 Å². The summed E-state index contributed by atoms with van der Waals surface area (Å²) in [6, 6.07) is 2.00. The van der Waals surface area contributed by atoms with Crippen molar-refractivity contribution in [2.45, 2.75) is 79.0 Å². The summed E-state index contributed by atoms with van der Waals surface area (Å²) in [5.41, 5.74) is 3.15. The molecule has 1 aliphatic rings. The molecule has 1 aromatic rings. The van der Waals surface area contributed by atoms with Gasteiger partial charge in [0.05, 0.1) is 10.8 Å². The third kappa shape index (κ3) is 8.87. The number of carbonyl (C=O) groups excluding carboxylic acids is 3. The molecule has 3 unspecified atom stereocenters. The minimum atomic E-state index is -1.14. The summed E-state index contributed by atoms with van der Waals surface area (Å²) in [5, 5.41) is 14.5. The fourth-order valence-corrected chi connectivity index (χ4v) is 3.95. The molecule has 1 aromatic heterocycles. The number of nitrogens with one attached hydrogen (secondary N) is 2. The monoisotopic (exact) mass is 554 g/mol. The molecule has 3 N–H and O–H groups in total. The summed E-state index contributed by atoms with van der Waals surface area (Å²) in [6.07, 6.45) is 5.72. The lowest BCUT2D eigenvalue weighted by atomic mass is 9.92. The molecule has 0 aliphatic carbocycles. The molecule has 0 radical (unpaired) electrons. The minimum Gasteiger partial charge on any atom is -0.480 e. The fraction of sp³-hybridized carbons (Fsp3) is 0.500. The second-order valence-corrected chi connectivity index (χ2v) is 10.9. The van der Waals surface area contributed by atoms with E-state index in [4.69, 9.17) is 4.74 Å². The quantitative estimate of drug-likeness (QED) is 0.277. The van der Waals surface area contributed by atoms with Gasteiger partial charge in [-0.25, -0.2) is 5.43 Å². The van der Waals surface area contributed by atoms with E-state index in [1.165, 1.54) is 11.9 Å². The molecule has 3 atom stereocenters. The number of hydrogen-bond donors (Lipinski definition) is 3. The summed E-state index contributed by atoms with van der Waals surface area (Å²) >= 11 is 0. The highest BCUT2D eigenvalue weighted by Crippen LogP contribution is 2.23. The predicted octanol–water partition coefficient (Wildman–Crippen LogP) is 1.63. The van der Waals surface area contributed by atoms with Crippen LogP contribution >= 0.6 is 0 Å². The van der Waals surface area contributed by atoms with Crippen molar-refractivity contribution in [3.63, 3.8) is 0 Å². The number of aromatic nitrogens is 1. The molecule has 40 heavy (non-hydrogen) atoms. The zero-order valence-corrected chi connectivity index (χ0v) is 24.3. The van der Waals surface area contributed by atoms with E-state index >= 15 is 0 Å². The van der Waals surface area contributed by atoms with Gasteiger partial charge in [-0.05, 0) is 68.9 Å². The van der Waals surface area contributed by atoms with Crippen molar-refractivity contribution in [3.05, 3.63) is 52.7 Å². The first-order chi connectivity index (χ1) is 18.7. The number of ether oxygens (including phenoxy) is 1. The minimum absolute atomic E-state index is 0.324. The van der Waals surface area contributed by atoms with Gasteiger partial charge in [0.15, 0.2) is 6.10 Å². The van der Waals surface area contributed by atoms with E-state index in [0.717, 1.165) is 17.3 Å². The maximum atomic E-state index is 13.1. The van der Waals surface area contributed by atoms with E-state index in [1.807, 2.05) is 19.1 Å². The molecule has 0 spiro atoms. The van der Waals surface area contributed by atoms with Gasteiger partial charge < -0.3 is 15.2 Å². The smallest absolute Gasteiger partial charge is 0.322 e. The van der Waals surface area contributed by atoms with Crippen LogP contribution in [0.2, 0.25) is 0 Å². The number of esters is 1. The van der Waals surface area contributed by atoms with E-state index in [1.54, 1.807) is 45.9 Å². The molecule has 0 saturated carbocycles. The summed E-state index contributed by atoms with van der Waals surface area (Å²) in [6.45, 7) is 18.7. The third-order valence-electron chi connectivity index (χ3n) is 6.57. The van der Waals surface area contributed by atoms with Gasteiger partial charge in [-0.2, -0.15) is 0 Å². The topological polar surface area (TPSA) is 138 Å². The standard InChI is InChI=1S/C30H42N4O6/c1-9-22-13-12-20(5)24(32-22)17-19(4)14-15-30(7,8)29(39)40-25(18(2)3)26(35)31-21(6)27(36)34-16-10-11-23(33-34)28(37)38/h12-15,17-18,21,23,25,33H,4-5,9-11,16H2,1-3,6-8H3,(H,31,35)(H,37,38)/b15-14+,24-17+. The highest BCUT2D eigenvalue weighted by Gasteiger charge is 2.36. The predicted molar refractivity (Wildman–Crippen MR) is 153 cm³/mol.